The molecule has 0 bridgehead atoms. The molecule has 0 fully saturated rings. The van der Waals surface area contributed by atoms with Gasteiger partial charge in [-0.1, -0.05) is 39.3 Å². The second-order valence-corrected chi connectivity index (χ2v) is 9.40. The average molecular weight is 434 g/mol. The molecule has 29 heavy (non-hydrogen) atoms. The Morgan fingerprint density at radius 1 is 1.21 bits per heavy atom. The molecule has 0 aromatic rings. The van der Waals surface area contributed by atoms with E-state index >= 15 is 0 Å². The summed E-state index contributed by atoms with van der Waals surface area (Å²) in [6, 6.07) is -1.20. The minimum atomic E-state index is -4.72. The average Bonchev–Trinajstić information content (AvgIpc) is 2.56. The molecule has 0 aliphatic heterocycles. The SMILES string of the molecule is CCOC(=O)C(C=C(CCN(C)C(C)=O)C(C(C)C)(C(C)C)P(=O)(O)O)NC=O. The first-order valence-corrected chi connectivity index (χ1v) is 11.2. The molecule has 3 N–H and O–H groups in total. The smallest absolute Gasteiger partial charge is 0.336 e. The number of ether oxygens (including phenoxy) is 1. The number of nitrogens with one attached hydrogen (secondary N) is 1. The van der Waals surface area contributed by atoms with E-state index in [9.17, 15) is 28.7 Å². The summed E-state index contributed by atoms with van der Waals surface area (Å²) in [5.74, 6) is -1.91. The molecule has 0 aromatic heterocycles. The van der Waals surface area contributed by atoms with E-state index in [1.807, 2.05) is 0 Å². The van der Waals surface area contributed by atoms with Gasteiger partial charge in [-0.25, -0.2) is 4.79 Å². The third-order valence-corrected chi connectivity index (χ3v) is 7.45. The third-order valence-electron chi connectivity index (χ3n) is 5.17. The number of amides is 2. The van der Waals surface area contributed by atoms with Gasteiger partial charge < -0.3 is 24.7 Å². The van der Waals surface area contributed by atoms with Crippen LogP contribution >= 0.6 is 7.60 Å². The van der Waals surface area contributed by atoms with Crippen molar-refractivity contribution in [2.45, 2.75) is 59.2 Å². The van der Waals surface area contributed by atoms with Crippen LogP contribution in [0.25, 0.3) is 0 Å². The summed E-state index contributed by atoms with van der Waals surface area (Å²) in [6.45, 7) is 10.1. The molecule has 0 spiro atoms. The summed E-state index contributed by atoms with van der Waals surface area (Å²) >= 11 is 0. The number of hydrogen-bond donors (Lipinski definition) is 3. The van der Waals surface area contributed by atoms with E-state index < -0.39 is 36.6 Å². The van der Waals surface area contributed by atoms with E-state index in [2.05, 4.69) is 5.32 Å². The van der Waals surface area contributed by atoms with Crippen molar-refractivity contribution in [2.24, 2.45) is 11.8 Å². The second-order valence-electron chi connectivity index (χ2n) is 7.58. The Morgan fingerprint density at radius 3 is 2.07 bits per heavy atom. The Balaban J connectivity index is 6.64. The Morgan fingerprint density at radius 2 is 1.72 bits per heavy atom. The van der Waals surface area contributed by atoms with Gasteiger partial charge in [-0.15, -0.1) is 0 Å². The minimum Gasteiger partial charge on any atom is -0.464 e. The van der Waals surface area contributed by atoms with E-state index in [1.54, 1.807) is 41.7 Å². The van der Waals surface area contributed by atoms with E-state index in [0.717, 1.165) is 0 Å². The Hall–Kier alpha value is -1.70. The molecular formula is C19H35N2O7P. The molecule has 0 rings (SSSR count). The highest BCUT2D eigenvalue weighted by Crippen LogP contribution is 2.62. The number of nitrogens with zero attached hydrogens (tertiary/aromatic N) is 1. The van der Waals surface area contributed by atoms with Crippen molar-refractivity contribution in [3.63, 3.8) is 0 Å². The lowest BCUT2D eigenvalue weighted by atomic mass is 9.76. The zero-order valence-corrected chi connectivity index (χ0v) is 19.2. The second kappa shape index (κ2) is 11.5. The quantitative estimate of drug-likeness (QED) is 0.184. The molecule has 0 aromatic carbocycles. The zero-order valence-electron chi connectivity index (χ0n) is 18.3. The zero-order chi connectivity index (χ0) is 23.0. The van der Waals surface area contributed by atoms with Crippen LogP contribution in [-0.4, -0.2) is 64.4 Å². The fourth-order valence-corrected chi connectivity index (χ4v) is 5.73. The summed E-state index contributed by atoms with van der Waals surface area (Å²) in [5.41, 5.74) is 0.302. The molecule has 2 amide bonds. The van der Waals surface area contributed by atoms with Crippen LogP contribution in [0.2, 0.25) is 0 Å². The third kappa shape index (κ3) is 6.66. The van der Waals surface area contributed by atoms with Crippen LogP contribution < -0.4 is 5.32 Å². The molecule has 0 aliphatic carbocycles. The van der Waals surface area contributed by atoms with Crippen molar-refractivity contribution in [3.8, 4) is 0 Å². The van der Waals surface area contributed by atoms with E-state index in [-0.39, 0.29) is 25.5 Å². The molecule has 10 heteroatoms. The van der Waals surface area contributed by atoms with E-state index in [0.29, 0.717) is 12.0 Å². The van der Waals surface area contributed by atoms with Gasteiger partial charge in [-0.05, 0) is 25.2 Å². The predicted molar refractivity (Wildman–Crippen MR) is 110 cm³/mol. The van der Waals surface area contributed by atoms with E-state index in [1.165, 1.54) is 17.9 Å². The summed E-state index contributed by atoms with van der Waals surface area (Å²) < 4.78 is 17.7. The molecule has 0 aliphatic rings. The lowest BCUT2D eigenvalue weighted by Gasteiger charge is -2.44. The van der Waals surface area contributed by atoms with Crippen LogP contribution in [0.3, 0.4) is 0 Å². The van der Waals surface area contributed by atoms with Gasteiger partial charge in [-0.2, -0.15) is 0 Å². The van der Waals surface area contributed by atoms with Gasteiger partial charge in [0, 0.05) is 20.5 Å². The van der Waals surface area contributed by atoms with Crippen molar-refractivity contribution in [2.75, 3.05) is 20.2 Å². The lowest BCUT2D eigenvalue weighted by molar-refractivity contribution is -0.145. The highest BCUT2D eigenvalue weighted by molar-refractivity contribution is 7.54. The number of rotatable bonds is 12. The fraction of sp³-hybridized carbons (Fsp3) is 0.737. The summed E-state index contributed by atoms with van der Waals surface area (Å²) in [5, 5.41) is 0.761. The largest absolute Gasteiger partial charge is 0.464 e. The summed E-state index contributed by atoms with van der Waals surface area (Å²) in [6.07, 6.45) is 1.81. The molecule has 168 valence electrons. The molecule has 9 nitrogen and oxygen atoms in total. The Bertz CT molecular complexity index is 647. The first kappa shape index (κ1) is 27.3. The highest BCUT2D eigenvalue weighted by atomic mass is 31.2. The van der Waals surface area contributed by atoms with Gasteiger partial charge in [0.15, 0.2) is 0 Å². The number of hydrogen-bond acceptors (Lipinski definition) is 5. The highest BCUT2D eigenvalue weighted by Gasteiger charge is 2.54. The van der Waals surface area contributed by atoms with Crippen molar-refractivity contribution in [1.82, 2.24) is 10.2 Å². The van der Waals surface area contributed by atoms with Crippen LogP contribution in [0, 0.1) is 11.8 Å². The van der Waals surface area contributed by atoms with Gasteiger partial charge in [-0.3, -0.25) is 14.2 Å². The first-order valence-electron chi connectivity index (χ1n) is 9.62. The van der Waals surface area contributed by atoms with Crippen LogP contribution in [0.4, 0.5) is 0 Å². The molecule has 0 radical (unpaired) electrons. The summed E-state index contributed by atoms with van der Waals surface area (Å²) in [4.78, 5) is 57.1. The molecule has 0 heterocycles. The lowest BCUT2D eigenvalue weighted by Crippen LogP contribution is -2.45. The normalized spacial score (nSPS) is 14.0. The van der Waals surface area contributed by atoms with Gasteiger partial charge in [0.05, 0.1) is 11.8 Å². The maximum absolute atomic E-state index is 12.8. The van der Waals surface area contributed by atoms with Crippen molar-refractivity contribution < 1.29 is 33.5 Å². The van der Waals surface area contributed by atoms with Crippen molar-refractivity contribution >= 4 is 25.9 Å². The maximum atomic E-state index is 12.8. The molecular weight excluding hydrogens is 399 g/mol. The molecule has 1 atom stereocenters. The number of carbonyl (C=O) groups excluding carboxylic acids is 3. The van der Waals surface area contributed by atoms with Crippen LogP contribution in [-0.2, 0) is 23.7 Å². The van der Waals surface area contributed by atoms with Crippen molar-refractivity contribution in [1.29, 1.82) is 0 Å². The van der Waals surface area contributed by atoms with Gasteiger partial charge in [0.1, 0.15) is 6.04 Å². The predicted octanol–water partition coefficient (Wildman–Crippen LogP) is 1.69. The van der Waals surface area contributed by atoms with Crippen molar-refractivity contribution in [3.05, 3.63) is 11.6 Å². The summed E-state index contributed by atoms with van der Waals surface area (Å²) in [7, 11) is -3.14. The fourth-order valence-electron chi connectivity index (χ4n) is 3.82. The first-order chi connectivity index (χ1) is 13.3. The van der Waals surface area contributed by atoms with Crippen LogP contribution in [0.15, 0.2) is 11.6 Å². The monoisotopic (exact) mass is 434 g/mol. The Labute approximate surface area is 173 Å². The van der Waals surface area contributed by atoms with Crippen LogP contribution in [0.1, 0.15) is 48.0 Å². The van der Waals surface area contributed by atoms with Gasteiger partial charge in [0.25, 0.3) is 0 Å². The molecule has 0 saturated carbocycles. The standard InChI is InChI=1S/C19H35N2O7P/c1-8-28-18(24)17(20-12-22)11-16(9-10-21(7)15(6)23)19(13(2)3,14(4)5)29(25,26)27/h11-14,17H,8-10H2,1-7H3,(H,20,22)(H2,25,26,27). The molecule has 0 saturated heterocycles. The number of carbonyl (C=O) groups is 3. The van der Waals surface area contributed by atoms with Crippen LogP contribution in [0.5, 0.6) is 0 Å². The van der Waals surface area contributed by atoms with Gasteiger partial charge in [0.2, 0.25) is 12.3 Å². The number of esters is 1. The maximum Gasteiger partial charge on any atom is 0.336 e. The topological polar surface area (TPSA) is 133 Å². The Kier molecular flexibility index (Phi) is 10.8. The van der Waals surface area contributed by atoms with Gasteiger partial charge >= 0.3 is 13.6 Å². The molecule has 1 unspecified atom stereocenters. The van der Waals surface area contributed by atoms with E-state index in [4.69, 9.17) is 4.74 Å². The minimum absolute atomic E-state index is 0.0874.